The summed E-state index contributed by atoms with van der Waals surface area (Å²) in [6, 6.07) is 8.46. The number of nitrogens with zero attached hydrogens (tertiary/aromatic N) is 2. The molecule has 1 heterocycles. The fourth-order valence-corrected chi connectivity index (χ4v) is 3.00. The first-order chi connectivity index (χ1) is 11.2. The predicted molar refractivity (Wildman–Crippen MR) is 114 cm³/mol. The van der Waals surface area contributed by atoms with Crippen LogP contribution >= 0.6 is 24.0 Å². The molecule has 0 radical (unpaired) electrons. The molecule has 4 nitrogen and oxygen atoms in total. The Hall–Kier alpha value is -0.820. The smallest absolute Gasteiger partial charge is 0.191 e. The third kappa shape index (κ3) is 7.38. The van der Waals surface area contributed by atoms with Gasteiger partial charge in [0.25, 0.3) is 0 Å². The Labute approximate surface area is 164 Å². The predicted octanol–water partition coefficient (Wildman–Crippen LogP) is 3.40. The molecular formula is C19H33IN4. The molecule has 1 aromatic carbocycles. The Morgan fingerprint density at radius 3 is 2.58 bits per heavy atom. The standard InChI is InChI=1S/C19H32N4.HI/c1-16-9-13-23(14-10-16)12-6-11-21-19(20-3)22-15-18-8-5-4-7-17(18)2;/h4-5,7-8,16H,6,9-15H2,1-3H3,(H2,20,21,22);1H. The lowest BCUT2D eigenvalue weighted by molar-refractivity contribution is 0.191. The van der Waals surface area contributed by atoms with Gasteiger partial charge in [0.1, 0.15) is 0 Å². The van der Waals surface area contributed by atoms with E-state index < -0.39 is 0 Å². The average molecular weight is 444 g/mol. The van der Waals surface area contributed by atoms with Crippen molar-refractivity contribution in [2.45, 2.75) is 39.7 Å². The maximum atomic E-state index is 4.31. The number of aliphatic imine (C=N–C) groups is 1. The average Bonchev–Trinajstić information content (AvgIpc) is 2.57. The van der Waals surface area contributed by atoms with E-state index in [9.17, 15) is 0 Å². The van der Waals surface area contributed by atoms with Gasteiger partial charge in [0.05, 0.1) is 0 Å². The number of hydrogen-bond acceptors (Lipinski definition) is 2. The van der Waals surface area contributed by atoms with Gasteiger partial charge in [0, 0.05) is 20.1 Å². The quantitative estimate of drug-likeness (QED) is 0.306. The molecule has 0 atom stereocenters. The number of rotatable bonds is 6. The van der Waals surface area contributed by atoms with Crippen LogP contribution in [-0.2, 0) is 6.54 Å². The summed E-state index contributed by atoms with van der Waals surface area (Å²) in [6.45, 7) is 10.0. The lowest BCUT2D eigenvalue weighted by Crippen LogP contribution is -2.39. The highest BCUT2D eigenvalue weighted by Crippen LogP contribution is 2.15. The molecule has 0 saturated carbocycles. The molecule has 1 saturated heterocycles. The molecule has 1 aromatic rings. The SMILES string of the molecule is CN=C(NCCCN1CCC(C)CC1)NCc1ccccc1C.I. The molecule has 5 heteroatoms. The molecule has 0 unspecified atom stereocenters. The number of piperidine rings is 1. The summed E-state index contributed by atoms with van der Waals surface area (Å²) in [7, 11) is 1.83. The van der Waals surface area contributed by atoms with Gasteiger partial charge in [0.15, 0.2) is 5.96 Å². The second-order valence-corrected chi connectivity index (χ2v) is 6.66. The second-order valence-electron chi connectivity index (χ2n) is 6.66. The maximum absolute atomic E-state index is 4.31. The zero-order valence-electron chi connectivity index (χ0n) is 15.3. The number of benzene rings is 1. The van der Waals surface area contributed by atoms with Gasteiger partial charge in [-0.2, -0.15) is 0 Å². The Morgan fingerprint density at radius 1 is 1.21 bits per heavy atom. The highest BCUT2D eigenvalue weighted by atomic mass is 127. The molecule has 0 bridgehead atoms. The molecule has 0 amide bonds. The second kappa shape index (κ2) is 11.7. The third-order valence-corrected chi connectivity index (χ3v) is 4.75. The van der Waals surface area contributed by atoms with E-state index in [2.05, 4.69) is 58.6 Å². The van der Waals surface area contributed by atoms with Crippen LogP contribution < -0.4 is 10.6 Å². The van der Waals surface area contributed by atoms with Crippen molar-refractivity contribution in [3.8, 4) is 0 Å². The van der Waals surface area contributed by atoms with Crippen molar-refractivity contribution >= 4 is 29.9 Å². The van der Waals surface area contributed by atoms with Crippen molar-refractivity contribution in [2.24, 2.45) is 10.9 Å². The normalized spacial score (nSPS) is 16.5. The van der Waals surface area contributed by atoms with Gasteiger partial charge in [-0.05, 0) is 62.9 Å². The van der Waals surface area contributed by atoms with E-state index in [1.165, 1.54) is 50.0 Å². The van der Waals surface area contributed by atoms with Crippen LogP contribution in [0.5, 0.6) is 0 Å². The molecule has 136 valence electrons. The van der Waals surface area contributed by atoms with Crippen molar-refractivity contribution in [3.05, 3.63) is 35.4 Å². The number of guanidine groups is 1. The largest absolute Gasteiger partial charge is 0.356 e. The lowest BCUT2D eigenvalue weighted by atomic mass is 9.99. The molecule has 2 N–H and O–H groups in total. The number of halogens is 1. The minimum Gasteiger partial charge on any atom is -0.356 e. The summed E-state index contributed by atoms with van der Waals surface area (Å²) in [6.07, 6.45) is 3.87. The van der Waals surface area contributed by atoms with Crippen molar-refractivity contribution in [3.63, 3.8) is 0 Å². The van der Waals surface area contributed by atoms with Gasteiger partial charge in [-0.15, -0.1) is 24.0 Å². The Balaban J connectivity index is 0.00000288. The van der Waals surface area contributed by atoms with Crippen LogP contribution in [0.1, 0.15) is 37.3 Å². The van der Waals surface area contributed by atoms with Gasteiger partial charge in [-0.3, -0.25) is 4.99 Å². The van der Waals surface area contributed by atoms with Gasteiger partial charge in [0.2, 0.25) is 0 Å². The summed E-state index contributed by atoms with van der Waals surface area (Å²) >= 11 is 0. The van der Waals surface area contributed by atoms with Crippen LogP contribution in [0.2, 0.25) is 0 Å². The summed E-state index contributed by atoms with van der Waals surface area (Å²) in [5.41, 5.74) is 2.63. The fraction of sp³-hybridized carbons (Fsp3) is 0.632. The van der Waals surface area contributed by atoms with Crippen molar-refractivity contribution in [1.82, 2.24) is 15.5 Å². The van der Waals surface area contributed by atoms with Crippen molar-refractivity contribution in [1.29, 1.82) is 0 Å². The van der Waals surface area contributed by atoms with Crippen LogP contribution in [0.4, 0.5) is 0 Å². The molecule has 2 rings (SSSR count). The van der Waals surface area contributed by atoms with Gasteiger partial charge < -0.3 is 15.5 Å². The van der Waals surface area contributed by atoms with E-state index in [0.29, 0.717) is 0 Å². The zero-order chi connectivity index (χ0) is 16.5. The Bertz CT molecular complexity index is 496. The van der Waals surface area contributed by atoms with Crippen molar-refractivity contribution < 1.29 is 0 Å². The summed E-state index contributed by atoms with van der Waals surface area (Å²) < 4.78 is 0. The highest BCUT2D eigenvalue weighted by Gasteiger charge is 2.14. The fourth-order valence-electron chi connectivity index (χ4n) is 3.00. The maximum Gasteiger partial charge on any atom is 0.191 e. The minimum atomic E-state index is 0. The van der Waals surface area contributed by atoms with Gasteiger partial charge >= 0.3 is 0 Å². The van der Waals surface area contributed by atoms with E-state index in [1.54, 1.807) is 0 Å². The molecule has 1 aliphatic rings. The Morgan fingerprint density at radius 2 is 1.92 bits per heavy atom. The van der Waals surface area contributed by atoms with Gasteiger partial charge in [-0.25, -0.2) is 0 Å². The molecule has 0 aliphatic carbocycles. The first-order valence-corrected chi connectivity index (χ1v) is 8.90. The highest BCUT2D eigenvalue weighted by molar-refractivity contribution is 14.0. The monoisotopic (exact) mass is 444 g/mol. The van der Waals surface area contributed by atoms with E-state index in [-0.39, 0.29) is 24.0 Å². The van der Waals surface area contributed by atoms with Crippen LogP contribution in [0, 0.1) is 12.8 Å². The molecule has 1 fully saturated rings. The molecule has 1 aliphatic heterocycles. The van der Waals surface area contributed by atoms with E-state index in [4.69, 9.17) is 0 Å². The molecule has 0 spiro atoms. The van der Waals surface area contributed by atoms with Crippen LogP contribution in [0.25, 0.3) is 0 Å². The summed E-state index contributed by atoms with van der Waals surface area (Å²) in [5, 5.41) is 6.82. The first-order valence-electron chi connectivity index (χ1n) is 8.90. The lowest BCUT2D eigenvalue weighted by Gasteiger charge is -2.30. The minimum absolute atomic E-state index is 0. The molecular weight excluding hydrogens is 411 g/mol. The number of nitrogens with one attached hydrogen (secondary N) is 2. The molecule has 0 aromatic heterocycles. The van der Waals surface area contributed by atoms with Crippen LogP contribution in [0.15, 0.2) is 29.3 Å². The number of aryl methyl sites for hydroxylation is 1. The van der Waals surface area contributed by atoms with E-state index in [0.717, 1.165) is 25.0 Å². The van der Waals surface area contributed by atoms with E-state index in [1.807, 2.05) is 7.05 Å². The van der Waals surface area contributed by atoms with Gasteiger partial charge in [-0.1, -0.05) is 31.2 Å². The number of likely N-dealkylation sites (tertiary alicyclic amines) is 1. The van der Waals surface area contributed by atoms with E-state index >= 15 is 0 Å². The Kier molecular flexibility index (Phi) is 10.3. The summed E-state index contributed by atoms with van der Waals surface area (Å²) in [5.74, 6) is 1.80. The summed E-state index contributed by atoms with van der Waals surface area (Å²) in [4.78, 5) is 6.90. The van der Waals surface area contributed by atoms with Crippen LogP contribution in [-0.4, -0.2) is 44.1 Å². The molecule has 24 heavy (non-hydrogen) atoms. The zero-order valence-corrected chi connectivity index (χ0v) is 17.7. The van der Waals surface area contributed by atoms with Crippen molar-refractivity contribution in [2.75, 3.05) is 33.2 Å². The number of hydrogen-bond donors (Lipinski definition) is 2. The first kappa shape index (κ1) is 21.2. The topological polar surface area (TPSA) is 39.7 Å². The van der Waals surface area contributed by atoms with Crippen LogP contribution in [0.3, 0.4) is 0 Å². The third-order valence-electron chi connectivity index (χ3n) is 4.75.